The van der Waals surface area contributed by atoms with Crippen molar-refractivity contribution >= 4 is 16.8 Å². The van der Waals surface area contributed by atoms with Gasteiger partial charge in [-0.15, -0.1) is 0 Å². The van der Waals surface area contributed by atoms with Crippen LogP contribution in [0.3, 0.4) is 0 Å². The number of hydrogen-bond acceptors (Lipinski definition) is 4. The molecule has 0 radical (unpaired) electrons. The zero-order valence-electron chi connectivity index (χ0n) is 15.4. The third kappa shape index (κ3) is 3.66. The highest BCUT2D eigenvalue weighted by Crippen LogP contribution is 2.21. The molecule has 0 aliphatic carbocycles. The van der Waals surface area contributed by atoms with Gasteiger partial charge in [0.25, 0.3) is 11.5 Å². The molecular weight excluding hydrogens is 330 g/mol. The lowest BCUT2D eigenvalue weighted by atomic mass is 9.86. The molecule has 7 heteroatoms. The molecule has 0 saturated heterocycles. The lowest BCUT2D eigenvalue weighted by Crippen LogP contribution is -2.46. The van der Waals surface area contributed by atoms with Gasteiger partial charge in [-0.25, -0.2) is 9.97 Å². The van der Waals surface area contributed by atoms with Crippen molar-refractivity contribution in [3.63, 3.8) is 0 Å². The summed E-state index contributed by atoms with van der Waals surface area (Å²) in [7, 11) is 1.65. The summed E-state index contributed by atoms with van der Waals surface area (Å²) < 4.78 is 3.37. The number of nitrogens with zero attached hydrogens (tertiary/aromatic N) is 4. The summed E-state index contributed by atoms with van der Waals surface area (Å²) in [4.78, 5) is 33.2. The van der Waals surface area contributed by atoms with Gasteiger partial charge in [-0.1, -0.05) is 20.8 Å². The van der Waals surface area contributed by atoms with Gasteiger partial charge in [-0.3, -0.25) is 9.59 Å². The molecule has 1 amide bonds. The van der Waals surface area contributed by atoms with Crippen molar-refractivity contribution in [3.05, 3.63) is 59.2 Å². The Hall–Kier alpha value is -2.96. The molecular formula is C19H23N5O2. The van der Waals surface area contributed by atoms with Gasteiger partial charge in [-0.05, 0) is 23.6 Å². The van der Waals surface area contributed by atoms with Crippen LogP contribution >= 0.6 is 0 Å². The number of benzene rings is 1. The minimum atomic E-state index is -0.186. The summed E-state index contributed by atoms with van der Waals surface area (Å²) in [5, 5.41) is 3.60. The van der Waals surface area contributed by atoms with Crippen molar-refractivity contribution in [1.29, 1.82) is 0 Å². The Labute approximate surface area is 151 Å². The van der Waals surface area contributed by atoms with E-state index < -0.39 is 0 Å². The topological polar surface area (TPSA) is 81.8 Å². The van der Waals surface area contributed by atoms with E-state index in [2.05, 4.69) is 36.1 Å². The van der Waals surface area contributed by atoms with E-state index in [1.165, 1.54) is 10.9 Å². The first-order chi connectivity index (χ1) is 12.3. The van der Waals surface area contributed by atoms with Gasteiger partial charge in [0.05, 0.1) is 29.6 Å². The van der Waals surface area contributed by atoms with Crippen LogP contribution in [0.5, 0.6) is 0 Å². The molecule has 3 rings (SSSR count). The number of hydrogen-bond donors (Lipinski definition) is 1. The Morgan fingerprint density at radius 2 is 2.04 bits per heavy atom. The van der Waals surface area contributed by atoms with Crippen LogP contribution in [0, 0.1) is 5.41 Å². The van der Waals surface area contributed by atoms with E-state index in [1.54, 1.807) is 37.8 Å². The first-order valence-electron chi connectivity index (χ1n) is 8.48. The van der Waals surface area contributed by atoms with Crippen LogP contribution in [0.25, 0.3) is 10.9 Å². The Balaban J connectivity index is 1.86. The molecule has 1 aromatic carbocycles. The molecule has 136 valence electrons. The average molecular weight is 353 g/mol. The highest BCUT2D eigenvalue weighted by Gasteiger charge is 2.27. The summed E-state index contributed by atoms with van der Waals surface area (Å²) in [5.74, 6) is -0.186. The van der Waals surface area contributed by atoms with E-state index in [4.69, 9.17) is 0 Å². The van der Waals surface area contributed by atoms with Crippen molar-refractivity contribution in [2.24, 2.45) is 12.5 Å². The van der Waals surface area contributed by atoms with Crippen molar-refractivity contribution in [2.45, 2.75) is 33.4 Å². The molecule has 0 spiro atoms. The molecule has 0 fully saturated rings. The monoisotopic (exact) mass is 353 g/mol. The lowest BCUT2D eigenvalue weighted by Gasteiger charge is -2.31. The van der Waals surface area contributed by atoms with E-state index in [0.717, 1.165) is 0 Å². The third-order valence-corrected chi connectivity index (χ3v) is 4.48. The van der Waals surface area contributed by atoms with Crippen LogP contribution in [0.2, 0.25) is 0 Å². The largest absolute Gasteiger partial charge is 0.347 e. The van der Waals surface area contributed by atoms with Gasteiger partial charge in [0.2, 0.25) is 0 Å². The van der Waals surface area contributed by atoms with Gasteiger partial charge in [-0.2, -0.15) is 0 Å². The van der Waals surface area contributed by atoms with Crippen molar-refractivity contribution in [1.82, 2.24) is 24.4 Å². The fourth-order valence-electron chi connectivity index (χ4n) is 2.73. The van der Waals surface area contributed by atoms with Crippen molar-refractivity contribution < 1.29 is 4.79 Å². The van der Waals surface area contributed by atoms with Gasteiger partial charge in [0.15, 0.2) is 0 Å². The molecule has 1 N–H and O–H groups in total. The number of imidazole rings is 1. The first-order valence-corrected chi connectivity index (χ1v) is 8.48. The Bertz CT molecular complexity index is 983. The normalized spacial score (nSPS) is 12.9. The second-order valence-corrected chi connectivity index (χ2v) is 7.54. The van der Waals surface area contributed by atoms with E-state index in [0.29, 0.717) is 23.0 Å². The van der Waals surface area contributed by atoms with E-state index >= 15 is 0 Å². The molecule has 26 heavy (non-hydrogen) atoms. The molecule has 0 bridgehead atoms. The molecule has 0 aliphatic rings. The maximum absolute atomic E-state index is 12.8. The highest BCUT2D eigenvalue weighted by atomic mass is 16.1. The van der Waals surface area contributed by atoms with E-state index in [-0.39, 0.29) is 22.9 Å². The predicted molar refractivity (Wildman–Crippen MR) is 99.9 cm³/mol. The molecule has 2 heterocycles. The first kappa shape index (κ1) is 17.8. The second-order valence-electron chi connectivity index (χ2n) is 7.54. The summed E-state index contributed by atoms with van der Waals surface area (Å²) in [6.07, 6.45) is 6.79. The standard InChI is InChI=1S/C19H23N5O2/c1-19(2,3)16(10-24-8-7-20-11-24)22-17(25)13-5-6-14-15(9-13)21-12-23(4)18(14)26/h5-9,11-12,16H,10H2,1-4H3,(H,22,25). The van der Waals surface area contributed by atoms with Gasteiger partial charge >= 0.3 is 0 Å². The molecule has 0 aliphatic heterocycles. The SMILES string of the molecule is Cn1cnc2cc(C(=O)NC(Cn3ccnc3)C(C)(C)C)ccc2c1=O. The molecule has 7 nitrogen and oxygen atoms in total. The van der Waals surface area contributed by atoms with E-state index in [9.17, 15) is 9.59 Å². The van der Waals surface area contributed by atoms with Crippen LogP contribution in [0.4, 0.5) is 0 Å². The minimum Gasteiger partial charge on any atom is -0.347 e. The number of carbonyl (C=O) groups excluding carboxylic acids is 1. The van der Waals surface area contributed by atoms with Crippen molar-refractivity contribution in [2.75, 3.05) is 0 Å². The third-order valence-electron chi connectivity index (χ3n) is 4.48. The molecule has 1 unspecified atom stereocenters. The molecule has 0 saturated carbocycles. The van der Waals surface area contributed by atoms with Crippen LogP contribution in [0.1, 0.15) is 31.1 Å². The van der Waals surface area contributed by atoms with Crippen LogP contribution in [-0.4, -0.2) is 31.1 Å². The average Bonchev–Trinajstić information content (AvgIpc) is 3.09. The Morgan fingerprint density at radius 1 is 1.27 bits per heavy atom. The fourth-order valence-corrected chi connectivity index (χ4v) is 2.73. The number of carbonyl (C=O) groups is 1. The summed E-state index contributed by atoms with van der Waals surface area (Å²) >= 11 is 0. The minimum absolute atomic E-state index is 0.0866. The predicted octanol–water partition coefficient (Wildman–Crippen LogP) is 1.97. The number of amides is 1. The van der Waals surface area contributed by atoms with Crippen LogP contribution in [-0.2, 0) is 13.6 Å². The summed E-state index contributed by atoms with van der Waals surface area (Å²) in [5.41, 5.74) is 0.737. The quantitative estimate of drug-likeness (QED) is 0.777. The molecule has 3 aromatic rings. The van der Waals surface area contributed by atoms with Crippen LogP contribution in [0.15, 0.2) is 48.0 Å². The van der Waals surface area contributed by atoms with Crippen molar-refractivity contribution in [3.8, 4) is 0 Å². The maximum Gasteiger partial charge on any atom is 0.260 e. The van der Waals surface area contributed by atoms with Gasteiger partial charge < -0.3 is 14.5 Å². The number of aryl methyl sites for hydroxylation is 1. The van der Waals surface area contributed by atoms with Gasteiger partial charge in [0, 0.05) is 31.5 Å². The smallest absolute Gasteiger partial charge is 0.260 e. The molecule has 1 atom stereocenters. The number of aromatic nitrogens is 4. The highest BCUT2D eigenvalue weighted by molar-refractivity contribution is 5.97. The number of nitrogens with one attached hydrogen (secondary N) is 1. The maximum atomic E-state index is 12.8. The second kappa shape index (κ2) is 6.74. The Kier molecular flexibility index (Phi) is 4.63. The number of rotatable bonds is 4. The summed E-state index contributed by atoms with van der Waals surface area (Å²) in [6.45, 7) is 6.88. The zero-order chi connectivity index (χ0) is 18.9. The Morgan fingerprint density at radius 3 is 2.69 bits per heavy atom. The van der Waals surface area contributed by atoms with Crippen LogP contribution < -0.4 is 10.9 Å². The fraction of sp³-hybridized carbons (Fsp3) is 0.368. The lowest BCUT2D eigenvalue weighted by molar-refractivity contribution is 0.0892. The molecule has 2 aromatic heterocycles. The van der Waals surface area contributed by atoms with Gasteiger partial charge in [0.1, 0.15) is 0 Å². The zero-order valence-corrected chi connectivity index (χ0v) is 15.4. The summed E-state index contributed by atoms with van der Waals surface area (Å²) in [6, 6.07) is 4.89. The van der Waals surface area contributed by atoms with E-state index in [1.807, 2.05) is 10.8 Å². The number of fused-ring (bicyclic) bond motifs is 1.